The number of amides is 1. The van der Waals surface area contributed by atoms with Crippen molar-refractivity contribution in [1.82, 2.24) is 30.3 Å². The molecule has 2 fully saturated rings. The SMILES string of the molecule is O=C(CCCC1CNNC1)N1CCC(c2nccn2Cc2cccnc2)CC1. The van der Waals surface area contributed by atoms with Gasteiger partial charge in [0.1, 0.15) is 5.82 Å². The molecular formula is C21H30N6O. The lowest BCUT2D eigenvalue weighted by Crippen LogP contribution is -2.38. The maximum absolute atomic E-state index is 12.5. The van der Waals surface area contributed by atoms with Crippen LogP contribution in [0.3, 0.4) is 0 Å². The normalized spacial score (nSPS) is 18.6. The van der Waals surface area contributed by atoms with Crippen LogP contribution in [0.25, 0.3) is 0 Å². The van der Waals surface area contributed by atoms with Crippen molar-refractivity contribution in [3.63, 3.8) is 0 Å². The second kappa shape index (κ2) is 9.30. The summed E-state index contributed by atoms with van der Waals surface area (Å²) in [6, 6.07) is 4.06. The first-order valence-corrected chi connectivity index (χ1v) is 10.4. The highest BCUT2D eigenvalue weighted by atomic mass is 16.2. The summed E-state index contributed by atoms with van der Waals surface area (Å²) in [7, 11) is 0. The molecule has 28 heavy (non-hydrogen) atoms. The summed E-state index contributed by atoms with van der Waals surface area (Å²) >= 11 is 0. The van der Waals surface area contributed by atoms with Gasteiger partial charge in [0.15, 0.2) is 0 Å². The molecule has 2 saturated heterocycles. The molecule has 4 heterocycles. The maximum atomic E-state index is 12.5. The zero-order chi connectivity index (χ0) is 19.2. The Morgan fingerprint density at radius 2 is 2.00 bits per heavy atom. The van der Waals surface area contributed by atoms with Gasteiger partial charge in [0.25, 0.3) is 0 Å². The number of piperidine rings is 1. The third-order valence-electron chi connectivity index (χ3n) is 5.95. The van der Waals surface area contributed by atoms with Gasteiger partial charge < -0.3 is 9.47 Å². The summed E-state index contributed by atoms with van der Waals surface area (Å²) in [6.45, 7) is 4.52. The average Bonchev–Trinajstić information content (AvgIpc) is 3.41. The summed E-state index contributed by atoms with van der Waals surface area (Å²) in [6.07, 6.45) is 12.4. The van der Waals surface area contributed by atoms with Gasteiger partial charge >= 0.3 is 0 Å². The molecule has 0 radical (unpaired) electrons. The van der Waals surface area contributed by atoms with Crippen molar-refractivity contribution < 1.29 is 4.79 Å². The number of imidazole rings is 1. The standard InChI is InChI=1S/C21H30N6O/c28-20(5-1-3-17-14-24-25-15-17)26-10-6-19(7-11-26)21-23-9-12-27(21)16-18-4-2-8-22-13-18/h2,4,8-9,12-13,17,19,24-25H,1,3,5-7,10-11,14-16H2. The predicted molar refractivity (Wildman–Crippen MR) is 107 cm³/mol. The molecule has 0 spiro atoms. The van der Waals surface area contributed by atoms with Gasteiger partial charge in [-0.1, -0.05) is 6.07 Å². The van der Waals surface area contributed by atoms with Gasteiger partial charge in [0, 0.05) is 63.3 Å². The van der Waals surface area contributed by atoms with Gasteiger partial charge in [0.05, 0.1) is 6.54 Å². The smallest absolute Gasteiger partial charge is 0.222 e. The molecule has 0 aliphatic carbocycles. The van der Waals surface area contributed by atoms with E-state index >= 15 is 0 Å². The van der Waals surface area contributed by atoms with E-state index in [1.807, 2.05) is 24.7 Å². The number of carbonyl (C=O) groups excluding carboxylic acids is 1. The summed E-state index contributed by atoms with van der Waals surface area (Å²) in [4.78, 5) is 23.4. The average molecular weight is 383 g/mol. The Bertz CT molecular complexity index is 747. The Kier molecular flexibility index (Phi) is 6.34. The number of likely N-dealkylation sites (tertiary alicyclic amines) is 1. The van der Waals surface area contributed by atoms with Crippen molar-refractivity contribution in [3.8, 4) is 0 Å². The van der Waals surface area contributed by atoms with Crippen molar-refractivity contribution >= 4 is 5.91 Å². The van der Waals surface area contributed by atoms with Crippen LogP contribution < -0.4 is 10.9 Å². The lowest BCUT2D eigenvalue weighted by atomic mass is 9.95. The van der Waals surface area contributed by atoms with Crippen molar-refractivity contribution in [2.24, 2.45) is 5.92 Å². The molecule has 7 heteroatoms. The molecule has 4 rings (SSSR count). The Balaban J connectivity index is 1.25. The van der Waals surface area contributed by atoms with E-state index in [0.29, 0.717) is 24.2 Å². The van der Waals surface area contributed by atoms with E-state index in [0.717, 1.165) is 64.2 Å². The van der Waals surface area contributed by atoms with E-state index < -0.39 is 0 Å². The lowest BCUT2D eigenvalue weighted by molar-refractivity contribution is -0.132. The molecule has 150 valence electrons. The molecular weight excluding hydrogens is 352 g/mol. The molecule has 7 nitrogen and oxygen atoms in total. The third kappa shape index (κ3) is 4.77. The second-order valence-electron chi connectivity index (χ2n) is 7.95. The molecule has 1 amide bonds. The van der Waals surface area contributed by atoms with Crippen molar-refractivity contribution in [1.29, 1.82) is 0 Å². The van der Waals surface area contributed by atoms with Gasteiger partial charge in [0.2, 0.25) is 5.91 Å². The minimum Gasteiger partial charge on any atom is -0.343 e. The fraction of sp³-hybridized carbons (Fsp3) is 0.571. The zero-order valence-electron chi connectivity index (χ0n) is 16.4. The lowest BCUT2D eigenvalue weighted by Gasteiger charge is -2.32. The van der Waals surface area contributed by atoms with Crippen LogP contribution in [-0.2, 0) is 11.3 Å². The van der Waals surface area contributed by atoms with E-state index in [-0.39, 0.29) is 0 Å². The van der Waals surface area contributed by atoms with Crippen molar-refractivity contribution in [3.05, 3.63) is 48.3 Å². The predicted octanol–water partition coefficient (Wildman–Crippen LogP) is 1.93. The number of aromatic nitrogens is 3. The van der Waals surface area contributed by atoms with Crippen LogP contribution in [0, 0.1) is 5.92 Å². The first-order chi connectivity index (χ1) is 13.8. The maximum Gasteiger partial charge on any atom is 0.222 e. The van der Waals surface area contributed by atoms with Gasteiger partial charge in [-0.2, -0.15) is 0 Å². The Morgan fingerprint density at radius 1 is 1.18 bits per heavy atom. The highest BCUT2D eigenvalue weighted by molar-refractivity contribution is 5.76. The van der Waals surface area contributed by atoms with Crippen LogP contribution in [-0.4, -0.2) is 51.5 Å². The molecule has 2 aromatic rings. The minimum atomic E-state index is 0.316. The Hall–Kier alpha value is -2.25. The largest absolute Gasteiger partial charge is 0.343 e. The molecule has 0 unspecified atom stereocenters. The van der Waals surface area contributed by atoms with Crippen LogP contribution in [0.2, 0.25) is 0 Å². The summed E-state index contributed by atoms with van der Waals surface area (Å²) < 4.78 is 2.23. The first kappa shape index (κ1) is 19.1. The molecule has 2 aliphatic rings. The van der Waals surface area contributed by atoms with Crippen LogP contribution in [0.1, 0.15) is 49.4 Å². The highest BCUT2D eigenvalue weighted by Crippen LogP contribution is 2.28. The zero-order valence-corrected chi connectivity index (χ0v) is 16.4. The van der Waals surface area contributed by atoms with Crippen LogP contribution in [0.15, 0.2) is 36.9 Å². The van der Waals surface area contributed by atoms with Crippen molar-refractivity contribution in [2.75, 3.05) is 26.2 Å². The monoisotopic (exact) mass is 382 g/mol. The van der Waals surface area contributed by atoms with E-state index in [9.17, 15) is 4.79 Å². The number of hydrazine groups is 1. The van der Waals surface area contributed by atoms with Crippen LogP contribution in [0.4, 0.5) is 0 Å². The summed E-state index contributed by atoms with van der Waals surface area (Å²) in [5.74, 6) is 2.54. The Labute approximate surface area is 166 Å². The number of hydrogen-bond donors (Lipinski definition) is 2. The number of hydrogen-bond acceptors (Lipinski definition) is 5. The topological polar surface area (TPSA) is 75.1 Å². The van der Waals surface area contributed by atoms with E-state index in [1.165, 1.54) is 5.56 Å². The fourth-order valence-electron chi connectivity index (χ4n) is 4.30. The summed E-state index contributed by atoms with van der Waals surface area (Å²) in [5, 5.41) is 0. The van der Waals surface area contributed by atoms with E-state index in [1.54, 1.807) is 6.20 Å². The fourth-order valence-corrected chi connectivity index (χ4v) is 4.30. The number of carbonyl (C=O) groups is 1. The van der Waals surface area contributed by atoms with Gasteiger partial charge in [-0.25, -0.2) is 4.98 Å². The van der Waals surface area contributed by atoms with Gasteiger partial charge in [-0.05, 0) is 43.2 Å². The quantitative estimate of drug-likeness (QED) is 0.765. The second-order valence-corrected chi connectivity index (χ2v) is 7.95. The third-order valence-corrected chi connectivity index (χ3v) is 5.95. The Morgan fingerprint density at radius 3 is 2.75 bits per heavy atom. The molecule has 2 aromatic heterocycles. The molecule has 2 aliphatic heterocycles. The molecule has 0 atom stereocenters. The number of nitrogens with zero attached hydrogens (tertiary/aromatic N) is 4. The molecule has 0 aromatic carbocycles. The van der Waals surface area contributed by atoms with Crippen molar-refractivity contribution in [2.45, 2.75) is 44.6 Å². The van der Waals surface area contributed by atoms with Crippen LogP contribution >= 0.6 is 0 Å². The van der Waals surface area contributed by atoms with Gasteiger partial charge in [-0.15, -0.1) is 0 Å². The number of nitrogens with one attached hydrogen (secondary N) is 2. The molecule has 0 saturated carbocycles. The summed E-state index contributed by atoms with van der Waals surface area (Å²) in [5.41, 5.74) is 7.49. The molecule has 0 bridgehead atoms. The number of pyridine rings is 1. The first-order valence-electron chi connectivity index (χ1n) is 10.4. The van der Waals surface area contributed by atoms with E-state index in [4.69, 9.17) is 0 Å². The molecule has 2 N–H and O–H groups in total. The highest BCUT2D eigenvalue weighted by Gasteiger charge is 2.26. The van der Waals surface area contributed by atoms with E-state index in [2.05, 4.69) is 36.4 Å². The minimum absolute atomic E-state index is 0.316. The van der Waals surface area contributed by atoms with Gasteiger partial charge in [-0.3, -0.25) is 20.6 Å². The number of rotatable bonds is 7. The van der Waals surface area contributed by atoms with Crippen LogP contribution in [0.5, 0.6) is 0 Å².